The molecule has 0 saturated carbocycles. The highest BCUT2D eigenvalue weighted by molar-refractivity contribution is 8.00. The van der Waals surface area contributed by atoms with Crippen molar-refractivity contribution >= 4 is 17.7 Å². The highest BCUT2D eigenvalue weighted by Gasteiger charge is 2.20. The predicted molar refractivity (Wildman–Crippen MR) is 82.8 cm³/mol. The average molecular weight is 297 g/mol. The molecule has 0 fully saturated rings. The second-order valence-corrected chi connectivity index (χ2v) is 5.63. The first-order valence-electron chi connectivity index (χ1n) is 6.51. The van der Waals surface area contributed by atoms with Crippen LogP contribution in [0.5, 0.6) is 0 Å². The minimum Gasteiger partial charge on any atom is -0.358 e. The third-order valence-electron chi connectivity index (χ3n) is 2.93. The zero-order valence-corrected chi connectivity index (χ0v) is 12.4. The molecule has 0 aliphatic carbocycles. The monoisotopic (exact) mass is 297 g/mol. The molecule has 1 heterocycles. The number of amides is 1. The van der Waals surface area contributed by atoms with Gasteiger partial charge in [-0.3, -0.25) is 4.79 Å². The van der Waals surface area contributed by atoms with Gasteiger partial charge in [0.15, 0.2) is 0 Å². The first kappa shape index (κ1) is 15.1. The first-order valence-corrected chi connectivity index (χ1v) is 7.39. The number of hydrogen-bond donors (Lipinski definition) is 1. The first-order chi connectivity index (χ1) is 10.2. The molecule has 1 atom stereocenters. The number of carbonyl (C=O) groups is 1. The van der Waals surface area contributed by atoms with E-state index in [2.05, 4.69) is 16.4 Å². The molecular weight excluding hydrogens is 282 g/mol. The maximum absolute atomic E-state index is 12.1. The number of benzene rings is 1. The third-order valence-corrected chi connectivity index (χ3v) is 4.06. The van der Waals surface area contributed by atoms with E-state index in [1.807, 2.05) is 30.3 Å². The second-order valence-electron chi connectivity index (χ2n) is 4.41. The van der Waals surface area contributed by atoms with Gasteiger partial charge in [0.05, 0.1) is 21.9 Å². The van der Waals surface area contributed by atoms with E-state index in [1.54, 1.807) is 25.4 Å². The summed E-state index contributed by atoms with van der Waals surface area (Å²) in [4.78, 5) is 16.3. The van der Waals surface area contributed by atoms with Crippen molar-refractivity contribution in [1.82, 2.24) is 10.3 Å². The molecule has 4 nitrogen and oxygen atoms in total. The summed E-state index contributed by atoms with van der Waals surface area (Å²) in [6.07, 6.45) is 2.20. The van der Waals surface area contributed by atoms with Gasteiger partial charge in [0.1, 0.15) is 0 Å². The van der Waals surface area contributed by atoms with Crippen LogP contribution in [0.1, 0.15) is 11.1 Å². The Morgan fingerprint density at radius 1 is 1.38 bits per heavy atom. The van der Waals surface area contributed by atoms with Gasteiger partial charge in [0.2, 0.25) is 5.91 Å². The fourth-order valence-corrected chi connectivity index (χ4v) is 2.98. The molecule has 0 aliphatic rings. The number of nitrogens with zero attached hydrogens (tertiary/aromatic N) is 2. The van der Waals surface area contributed by atoms with Crippen molar-refractivity contribution in [3.63, 3.8) is 0 Å². The van der Waals surface area contributed by atoms with Gasteiger partial charge in [0.25, 0.3) is 0 Å². The highest BCUT2D eigenvalue weighted by Crippen LogP contribution is 2.25. The van der Waals surface area contributed by atoms with Crippen LogP contribution in [0, 0.1) is 11.3 Å². The molecule has 5 heteroatoms. The molecule has 1 N–H and O–H groups in total. The highest BCUT2D eigenvalue weighted by atomic mass is 32.2. The molecule has 2 rings (SSSR count). The quantitative estimate of drug-likeness (QED) is 0.861. The molecule has 0 radical (unpaired) electrons. The molecule has 0 spiro atoms. The minimum absolute atomic E-state index is 0.0481. The van der Waals surface area contributed by atoms with Crippen molar-refractivity contribution in [2.45, 2.75) is 16.7 Å². The Morgan fingerprint density at radius 3 is 2.81 bits per heavy atom. The van der Waals surface area contributed by atoms with E-state index < -0.39 is 0 Å². The van der Waals surface area contributed by atoms with Crippen LogP contribution < -0.4 is 5.32 Å². The summed E-state index contributed by atoms with van der Waals surface area (Å²) in [7, 11) is 1.63. The van der Waals surface area contributed by atoms with Crippen LogP contribution >= 0.6 is 11.8 Å². The zero-order valence-electron chi connectivity index (χ0n) is 11.6. The zero-order chi connectivity index (χ0) is 15.1. The number of rotatable bonds is 5. The van der Waals surface area contributed by atoms with Crippen LogP contribution in [0.15, 0.2) is 53.7 Å². The van der Waals surface area contributed by atoms with Crippen LogP contribution in [0.3, 0.4) is 0 Å². The van der Waals surface area contributed by atoms with E-state index in [-0.39, 0.29) is 11.2 Å². The minimum atomic E-state index is -0.279. The largest absolute Gasteiger partial charge is 0.358 e. The number of carbonyl (C=O) groups excluding carboxylic acids is 1. The Hall–Kier alpha value is -2.32. The maximum atomic E-state index is 12.1. The van der Waals surface area contributed by atoms with E-state index in [0.717, 1.165) is 5.56 Å². The fourth-order valence-electron chi connectivity index (χ4n) is 1.87. The predicted octanol–water partition coefficient (Wildman–Crippen LogP) is 2.40. The summed E-state index contributed by atoms with van der Waals surface area (Å²) in [5, 5.41) is 12.0. The van der Waals surface area contributed by atoms with Gasteiger partial charge < -0.3 is 5.32 Å². The summed E-state index contributed by atoms with van der Waals surface area (Å²) in [5.74, 6) is -0.0481. The van der Waals surface area contributed by atoms with Gasteiger partial charge in [-0.05, 0) is 24.1 Å². The van der Waals surface area contributed by atoms with Crippen molar-refractivity contribution in [2.75, 3.05) is 7.05 Å². The van der Waals surface area contributed by atoms with Crippen molar-refractivity contribution < 1.29 is 4.79 Å². The molecule has 0 saturated heterocycles. The number of pyridine rings is 1. The normalized spacial score (nSPS) is 11.4. The van der Waals surface area contributed by atoms with Crippen LogP contribution in [0.4, 0.5) is 0 Å². The summed E-state index contributed by atoms with van der Waals surface area (Å²) < 4.78 is 0. The number of nitriles is 1. The molecule has 0 aliphatic heterocycles. The Morgan fingerprint density at radius 2 is 2.14 bits per heavy atom. The molecule has 106 valence electrons. The van der Waals surface area contributed by atoms with Crippen LogP contribution in [0.25, 0.3) is 0 Å². The lowest BCUT2D eigenvalue weighted by Gasteiger charge is -2.14. The van der Waals surface area contributed by atoms with E-state index in [1.165, 1.54) is 11.8 Å². The van der Waals surface area contributed by atoms with Crippen LogP contribution in [-0.2, 0) is 11.2 Å². The number of thioether (sulfide) groups is 1. The molecule has 21 heavy (non-hydrogen) atoms. The summed E-state index contributed by atoms with van der Waals surface area (Å²) in [6, 6.07) is 15.3. The second kappa shape index (κ2) is 7.46. The summed E-state index contributed by atoms with van der Waals surface area (Å²) in [5.41, 5.74) is 1.64. The van der Waals surface area contributed by atoms with Gasteiger partial charge in [-0.1, -0.05) is 42.1 Å². The molecule has 1 aromatic heterocycles. The van der Waals surface area contributed by atoms with E-state index in [4.69, 9.17) is 5.26 Å². The van der Waals surface area contributed by atoms with Crippen molar-refractivity contribution in [1.29, 1.82) is 5.26 Å². The lowest BCUT2D eigenvalue weighted by Crippen LogP contribution is -2.31. The van der Waals surface area contributed by atoms with Crippen molar-refractivity contribution in [3.05, 3.63) is 59.8 Å². The fraction of sp³-hybridized carbons (Fsp3) is 0.188. The number of hydrogen-bond acceptors (Lipinski definition) is 4. The smallest absolute Gasteiger partial charge is 0.233 e. The SMILES string of the molecule is CNC(=O)C(Cc1ccccc1)Sc1cc(C#N)ccn1. The van der Waals surface area contributed by atoms with Crippen molar-refractivity contribution in [3.8, 4) is 6.07 Å². The third kappa shape index (κ3) is 4.33. The van der Waals surface area contributed by atoms with Crippen molar-refractivity contribution in [2.24, 2.45) is 0 Å². The maximum Gasteiger partial charge on any atom is 0.233 e. The average Bonchev–Trinajstić information content (AvgIpc) is 2.54. The Bertz CT molecular complexity index is 652. The molecule has 0 bridgehead atoms. The topological polar surface area (TPSA) is 65.8 Å². The number of aromatic nitrogens is 1. The summed E-state index contributed by atoms with van der Waals surface area (Å²) in [6.45, 7) is 0. The molecule has 1 unspecified atom stereocenters. The van der Waals surface area contributed by atoms with Gasteiger partial charge in [-0.2, -0.15) is 5.26 Å². The molecule has 1 amide bonds. The standard InChI is InChI=1S/C16H15N3OS/c1-18-16(20)14(9-12-5-3-2-4-6-12)21-15-10-13(11-17)7-8-19-15/h2-8,10,14H,9H2,1H3,(H,18,20). The van der Waals surface area contributed by atoms with Crippen LogP contribution in [0.2, 0.25) is 0 Å². The lowest BCUT2D eigenvalue weighted by atomic mass is 10.1. The van der Waals surface area contributed by atoms with Gasteiger partial charge >= 0.3 is 0 Å². The Kier molecular flexibility index (Phi) is 5.35. The van der Waals surface area contributed by atoms with Gasteiger partial charge in [-0.15, -0.1) is 0 Å². The van der Waals surface area contributed by atoms with E-state index >= 15 is 0 Å². The number of nitrogens with one attached hydrogen (secondary N) is 1. The molecule has 1 aromatic carbocycles. The van der Waals surface area contributed by atoms with E-state index in [0.29, 0.717) is 17.0 Å². The summed E-state index contributed by atoms with van der Waals surface area (Å²) >= 11 is 1.37. The molecular formula is C16H15N3OS. The Labute approximate surface area is 128 Å². The lowest BCUT2D eigenvalue weighted by molar-refractivity contribution is -0.120. The van der Waals surface area contributed by atoms with E-state index in [9.17, 15) is 4.79 Å². The van der Waals surface area contributed by atoms with Gasteiger partial charge in [0, 0.05) is 13.2 Å². The Balaban J connectivity index is 2.16. The van der Waals surface area contributed by atoms with Gasteiger partial charge in [-0.25, -0.2) is 4.98 Å². The van der Waals surface area contributed by atoms with Crippen LogP contribution in [-0.4, -0.2) is 23.2 Å². The molecule has 2 aromatic rings.